The van der Waals surface area contributed by atoms with Crippen LogP contribution in [-0.4, -0.2) is 19.1 Å². The Balaban J connectivity index is 2.76. The lowest BCUT2D eigenvalue weighted by molar-refractivity contribution is -0.0139. The lowest BCUT2D eigenvalue weighted by Crippen LogP contribution is -2.28. The fourth-order valence-electron chi connectivity index (χ4n) is 1.24. The summed E-state index contributed by atoms with van der Waals surface area (Å²) in [6.45, 7) is 1.33. The molecule has 0 radical (unpaired) electrons. The molecule has 0 N–H and O–H groups in total. The maximum absolute atomic E-state index is 12.9. The average Bonchev–Trinajstić information content (AvgIpc) is 2.67. The molecular formula is C7H11ClF2O2S. The number of hydrogen-bond acceptors (Lipinski definition) is 2. The van der Waals surface area contributed by atoms with Crippen molar-refractivity contribution in [3.8, 4) is 0 Å². The highest BCUT2D eigenvalue weighted by atomic mass is 35.7. The molecule has 1 saturated carbocycles. The lowest BCUT2D eigenvalue weighted by atomic mass is 10.1. The van der Waals surface area contributed by atoms with Crippen molar-refractivity contribution >= 4 is 19.7 Å². The number of hydrogen-bond donors (Lipinski definition) is 0. The molecule has 0 saturated heterocycles. The van der Waals surface area contributed by atoms with Gasteiger partial charge in [-0.25, -0.2) is 17.2 Å². The predicted molar refractivity (Wildman–Crippen MR) is 46.6 cm³/mol. The number of halogens is 3. The largest absolute Gasteiger partial charge is 0.249 e. The van der Waals surface area contributed by atoms with E-state index in [9.17, 15) is 17.2 Å². The first-order chi connectivity index (χ1) is 5.72. The van der Waals surface area contributed by atoms with E-state index < -0.39 is 26.1 Å². The van der Waals surface area contributed by atoms with E-state index in [0.717, 1.165) is 0 Å². The van der Waals surface area contributed by atoms with Crippen LogP contribution in [0.5, 0.6) is 0 Å². The van der Waals surface area contributed by atoms with Crippen molar-refractivity contribution in [2.45, 2.75) is 43.3 Å². The lowest BCUT2D eigenvalue weighted by Gasteiger charge is -2.19. The third-order valence-electron chi connectivity index (χ3n) is 2.42. The fraction of sp³-hybridized carbons (Fsp3) is 1.00. The van der Waals surface area contributed by atoms with Crippen molar-refractivity contribution in [1.82, 2.24) is 0 Å². The van der Waals surface area contributed by atoms with E-state index in [1.54, 1.807) is 0 Å². The van der Waals surface area contributed by atoms with Crippen molar-refractivity contribution in [2.75, 3.05) is 0 Å². The zero-order chi connectivity index (χ0) is 10.3. The van der Waals surface area contributed by atoms with Crippen LogP contribution >= 0.6 is 10.7 Å². The second kappa shape index (κ2) is 3.05. The second-order valence-corrected chi connectivity index (χ2v) is 6.47. The van der Waals surface area contributed by atoms with Crippen LogP contribution in [0.2, 0.25) is 0 Å². The zero-order valence-electron chi connectivity index (χ0n) is 7.19. The summed E-state index contributed by atoms with van der Waals surface area (Å²) in [6, 6.07) is 0. The Labute approximate surface area is 80.7 Å². The van der Waals surface area contributed by atoms with Crippen LogP contribution in [0, 0.1) is 0 Å². The normalized spacial score (nSPS) is 21.5. The minimum Gasteiger partial charge on any atom is -0.212 e. The van der Waals surface area contributed by atoms with Gasteiger partial charge in [-0.05, 0) is 12.8 Å². The minimum atomic E-state index is -3.84. The molecule has 0 aliphatic heterocycles. The van der Waals surface area contributed by atoms with E-state index in [1.807, 2.05) is 0 Å². The summed E-state index contributed by atoms with van der Waals surface area (Å²) in [4.78, 5) is 0. The molecule has 2 nitrogen and oxygen atoms in total. The van der Waals surface area contributed by atoms with E-state index in [2.05, 4.69) is 0 Å². The Bertz CT molecular complexity index is 296. The third-order valence-corrected chi connectivity index (χ3v) is 4.99. The van der Waals surface area contributed by atoms with Crippen molar-refractivity contribution in [3.63, 3.8) is 0 Å². The Morgan fingerprint density at radius 3 is 2.15 bits per heavy atom. The highest BCUT2D eigenvalue weighted by Gasteiger charge is 2.58. The van der Waals surface area contributed by atoms with Crippen LogP contribution in [0.25, 0.3) is 0 Å². The molecule has 1 aliphatic rings. The maximum atomic E-state index is 12.9. The molecule has 0 bridgehead atoms. The molecule has 0 aromatic rings. The Morgan fingerprint density at radius 2 is 1.92 bits per heavy atom. The van der Waals surface area contributed by atoms with Gasteiger partial charge in [-0.3, -0.25) is 0 Å². The molecule has 0 heterocycles. The van der Waals surface area contributed by atoms with Gasteiger partial charge in [-0.1, -0.05) is 6.92 Å². The molecule has 0 spiro atoms. The van der Waals surface area contributed by atoms with Crippen molar-refractivity contribution in [1.29, 1.82) is 0 Å². The van der Waals surface area contributed by atoms with Crippen molar-refractivity contribution in [2.24, 2.45) is 0 Å². The first-order valence-electron chi connectivity index (χ1n) is 4.04. The molecule has 0 unspecified atom stereocenters. The monoisotopic (exact) mass is 232 g/mol. The molecule has 6 heteroatoms. The summed E-state index contributed by atoms with van der Waals surface area (Å²) in [7, 11) is 1.25. The second-order valence-electron chi connectivity index (χ2n) is 3.51. The van der Waals surface area contributed by atoms with Crippen LogP contribution < -0.4 is 0 Å². The molecule has 1 fully saturated rings. The number of rotatable bonds is 4. The number of alkyl halides is 2. The first-order valence-corrected chi connectivity index (χ1v) is 6.35. The average molecular weight is 233 g/mol. The van der Waals surface area contributed by atoms with Gasteiger partial charge in [0.25, 0.3) is 0 Å². The highest BCUT2D eigenvalue weighted by molar-refractivity contribution is 8.15. The van der Waals surface area contributed by atoms with E-state index in [1.165, 1.54) is 6.92 Å². The van der Waals surface area contributed by atoms with Gasteiger partial charge >= 0.3 is 0 Å². The van der Waals surface area contributed by atoms with E-state index in [0.29, 0.717) is 0 Å². The fourth-order valence-corrected chi connectivity index (χ4v) is 2.84. The van der Waals surface area contributed by atoms with Gasteiger partial charge in [-0.2, -0.15) is 0 Å². The summed E-state index contributed by atoms with van der Waals surface area (Å²) >= 11 is 0. The first kappa shape index (κ1) is 11.2. The van der Waals surface area contributed by atoms with Gasteiger partial charge in [0.2, 0.25) is 15.0 Å². The molecule has 0 aromatic carbocycles. The van der Waals surface area contributed by atoms with E-state index >= 15 is 0 Å². The van der Waals surface area contributed by atoms with Crippen molar-refractivity contribution < 1.29 is 17.2 Å². The van der Waals surface area contributed by atoms with E-state index in [4.69, 9.17) is 10.7 Å². The summed E-state index contributed by atoms with van der Waals surface area (Å²) < 4.78 is 46.3. The molecule has 0 amide bonds. The molecule has 1 rings (SSSR count). The van der Waals surface area contributed by atoms with Gasteiger partial charge in [0.05, 0.1) is 4.75 Å². The maximum Gasteiger partial charge on any atom is 0.249 e. The molecule has 0 aromatic heterocycles. The molecule has 1 aliphatic carbocycles. The van der Waals surface area contributed by atoms with Crippen LogP contribution in [-0.2, 0) is 9.05 Å². The predicted octanol–water partition coefficient (Wildman–Crippen LogP) is 2.52. The van der Waals surface area contributed by atoms with Crippen LogP contribution in [0.3, 0.4) is 0 Å². The van der Waals surface area contributed by atoms with Gasteiger partial charge in [-0.15, -0.1) is 0 Å². The Morgan fingerprint density at radius 1 is 1.46 bits per heavy atom. The third kappa shape index (κ3) is 2.31. The molecular weight excluding hydrogens is 222 g/mol. The Hall–Kier alpha value is 0.1000. The van der Waals surface area contributed by atoms with Gasteiger partial charge in [0.1, 0.15) is 0 Å². The van der Waals surface area contributed by atoms with Gasteiger partial charge in [0.15, 0.2) is 0 Å². The van der Waals surface area contributed by atoms with Crippen molar-refractivity contribution in [3.05, 3.63) is 0 Å². The highest BCUT2D eigenvalue weighted by Crippen LogP contribution is 2.52. The van der Waals surface area contributed by atoms with Crippen LogP contribution in [0.4, 0.5) is 8.78 Å². The summed E-state index contributed by atoms with van der Waals surface area (Å²) in [5, 5.41) is 0. The smallest absolute Gasteiger partial charge is 0.212 e. The topological polar surface area (TPSA) is 34.1 Å². The standard InChI is InChI=1S/C7H11ClF2O2S/c1-2-7(9,10)5-6(3-4-6)13(8,11)12/h2-5H2,1H3. The van der Waals surface area contributed by atoms with Crippen LogP contribution in [0.15, 0.2) is 0 Å². The van der Waals surface area contributed by atoms with Gasteiger partial charge in [0, 0.05) is 23.5 Å². The quantitative estimate of drug-likeness (QED) is 0.698. The summed E-state index contributed by atoms with van der Waals surface area (Å²) in [5.74, 6) is -2.92. The SMILES string of the molecule is CCC(F)(F)CC1(S(=O)(=O)Cl)CC1. The van der Waals surface area contributed by atoms with Crippen LogP contribution in [0.1, 0.15) is 32.6 Å². The van der Waals surface area contributed by atoms with Gasteiger partial charge < -0.3 is 0 Å². The minimum absolute atomic E-state index is 0.258. The summed E-state index contributed by atoms with van der Waals surface area (Å²) in [5.41, 5.74) is 0. The molecule has 13 heavy (non-hydrogen) atoms. The molecule has 78 valence electrons. The Kier molecular flexibility index (Phi) is 2.62. The molecule has 0 atom stereocenters. The summed E-state index contributed by atoms with van der Waals surface area (Å²) in [6.07, 6.45) is -0.466. The zero-order valence-corrected chi connectivity index (χ0v) is 8.76. The van der Waals surface area contributed by atoms with E-state index in [-0.39, 0.29) is 19.3 Å².